The highest BCUT2D eigenvalue weighted by Crippen LogP contribution is 2.34. The summed E-state index contributed by atoms with van der Waals surface area (Å²) in [5, 5.41) is 11.7. The molecule has 0 saturated carbocycles. The van der Waals surface area contributed by atoms with E-state index in [1.54, 1.807) is 0 Å². The Bertz CT molecular complexity index is 515. The zero-order chi connectivity index (χ0) is 15.5. The van der Waals surface area contributed by atoms with E-state index in [1.165, 1.54) is 12.1 Å². The van der Waals surface area contributed by atoms with Crippen molar-refractivity contribution in [2.24, 2.45) is 0 Å². The Morgan fingerprint density at radius 3 is 2.15 bits per heavy atom. The van der Waals surface area contributed by atoms with Crippen molar-refractivity contribution in [2.45, 2.75) is 26.3 Å². The monoisotopic (exact) mass is 407 g/mol. The minimum absolute atomic E-state index is 0.121. The average molecular weight is 409 g/mol. The maximum absolute atomic E-state index is 11.7. The molecule has 0 bridgehead atoms. The molecule has 1 rings (SSSR count). The quantitative estimate of drug-likeness (QED) is 0.801. The van der Waals surface area contributed by atoms with E-state index in [4.69, 9.17) is 9.84 Å². The van der Waals surface area contributed by atoms with Gasteiger partial charge in [-0.25, -0.2) is 4.79 Å². The summed E-state index contributed by atoms with van der Waals surface area (Å²) >= 11 is 6.46. The van der Waals surface area contributed by atoms with Crippen LogP contribution in [0.15, 0.2) is 21.1 Å². The second kappa shape index (κ2) is 6.58. The summed E-state index contributed by atoms with van der Waals surface area (Å²) in [7, 11) is 0. The summed E-state index contributed by atoms with van der Waals surface area (Å²) in [5.41, 5.74) is -0.211. The van der Waals surface area contributed by atoms with Crippen molar-refractivity contribution in [3.05, 3.63) is 26.6 Å². The largest absolute Gasteiger partial charge is 0.481 e. The first-order valence-electron chi connectivity index (χ1n) is 5.76. The van der Waals surface area contributed by atoms with Gasteiger partial charge in [-0.1, -0.05) is 0 Å². The highest BCUT2D eigenvalue weighted by Gasteiger charge is 2.17. The van der Waals surface area contributed by atoms with Crippen molar-refractivity contribution < 1.29 is 19.4 Å². The predicted octanol–water partition coefficient (Wildman–Crippen LogP) is 3.20. The van der Waals surface area contributed by atoms with Gasteiger partial charge in [0.05, 0.1) is 14.5 Å². The molecule has 7 heteroatoms. The average Bonchev–Trinajstić information content (AvgIpc) is 2.24. The van der Waals surface area contributed by atoms with Gasteiger partial charge in [0.15, 0.2) is 6.61 Å². The van der Waals surface area contributed by atoms with Gasteiger partial charge in [0.2, 0.25) is 0 Å². The summed E-state index contributed by atoms with van der Waals surface area (Å²) in [6.45, 7) is 5.47. The van der Waals surface area contributed by atoms with E-state index in [0.29, 0.717) is 14.7 Å². The fourth-order valence-electron chi connectivity index (χ4n) is 1.41. The topological polar surface area (TPSA) is 75.6 Å². The lowest BCUT2D eigenvalue weighted by Crippen LogP contribution is -2.43. The lowest BCUT2D eigenvalue weighted by Gasteiger charge is -2.20. The van der Waals surface area contributed by atoms with Gasteiger partial charge in [0.1, 0.15) is 5.75 Å². The molecule has 0 fully saturated rings. The van der Waals surface area contributed by atoms with E-state index in [1.807, 2.05) is 20.8 Å². The second-order valence-electron chi connectivity index (χ2n) is 5.16. The van der Waals surface area contributed by atoms with Gasteiger partial charge in [-0.3, -0.25) is 4.79 Å². The fourth-order valence-corrected chi connectivity index (χ4v) is 2.83. The van der Waals surface area contributed by atoms with Crippen LogP contribution in [-0.2, 0) is 4.79 Å². The molecule has 1 aromatic carbocycles. The lowest BCUT2D eigenvalue weighted by atomic mass is 10.1. The molecule has 0 saturated heterocycles. The highest BCUT2D eigenvalue weighted by atomic mass is 79.9. The van der Waals surface area contributed by atoms with Crippen LogP contribution in [0.5, 0.6) is 5.75 Å². The summed E-state index contributed by atoms with van der Waals surface area (Å²) in [6.07, 6.45) is 0. The minimum Gasteiger partial charge on any atom is -0.481 e. The van der Waals surface area contributed by atoms with Crippen LogP contribution in [0.25, 0.3) is 0 Å². The number of ether oxygens (including phenoxy) is 1. The molecule has 110 valence electrons. The van der Waals surface area contributed by atoms with E-state index in [0.717, 1.165) is 0 Å². The highest BCUT2D eigenvalue weighted by molar-refractivity contribution is 9.11. The number of carbonyl (C=O) groups excluding carboxylic acids is 1. The number of halogens is 2. The van der Waals surface area contributed by atoms with E-state index in [9.17, 15) is 9.59 Å². The van der Waals surface area contributed by atoms with Gasteiger partial charge in [-0.2, -0.15) is 0 Å². The van der Waals surface area contributed by atoms with E-state index in [-0.39, 0.29) is 23.6 Å². The molecule has 0 unspecified atom stereocenters. The molecule has 0 radical (unpaired) electrons. The van der Waals surface area contributed by atoms with Gasteiger partial charge in [-0.05, 0) is 64.8 Å². The number of nitrogens with one attached hydrogen (secondary N) is 1. The number of rotatable bonds is 4. The minimum atomic E-state index is -1.04. The smallest absolute Gasteiger partial charge is 0.335 e. The molecular formula is C13H15Br2NO4. The van der Waals surface area contributed by atoms with Crippen LogP contribution in [-0.4, -0.2) is 29.1 Å². The van der Waals surface area contributed by atoms with Gasteiger partial charge in [0, 0.05) is 5.54 Å². The van der Waals surface area contributed by atoms with Crippen LogP contribution in [0.3, 0.4) is 0 Å². The Labute approximate surface area is 134 Å². The number of carboxylic acid groups (broad SMARTS) is 1. The number of carbonyl (C=O) groups is 2. The SMILES string of the molecule is CC(C)(C)NC(=O)COc1c(Br)cc(C(=O)O)cc1Br. The number of carboxylic acids is 1. The molecule has 0 aliphatic rings. The maximum Gasteiger partial charge on any atom is 0.335 e. The molecule has 0 aliphatic carbocycles. The Balaban J connectivity index is 2.79. The van der Waals surface area contributed by atoms with Gasteiger partial charge in [0.25, 0.3) is 5.91 Å². The zero-order valence-corrected chi connectivity index (χ0v) is 14.5. The first-order valence-corrected chi connectivity index (χ1v) is 7.35. The molecular weight excluding hydrogens is 394 g/mol. The number of hydrogen-bond donors (Lipinski definition) is 2. The number of benzene rings is 1. The van der Waals surface area contributed by atoms with Crippen molar-refractivity contribution in [2.75, 3.05) is 6.61 Å². The standard InChI is InChI=1S/C13H15Br2NO4/c1-13(2,3)16-10(17)6-20-11-8(14)4-7(12(18)19)5-9(11)15/h4-5H,6H2,1-3H3,(H,16,17)(H,18,19). The van der Waals surface area contributed by atoms with Gasteiger partial charge in [-0.15, -0.1) is 0 Å². The molecule has 2 N–H and O–H groups in total. The molecule has 1 aromatic rings. The molecule has 5 nitrogen and oxygen atoms in total. The van der Waals surface area contributed by atoms with Crippen molar-refractivity contribution in [1.82, 2.24) is 5.32 Å². The molecule has 1 amide bonds. The van der Waals surface area contributed by atoms with Crippen molar-refractivity contribution in [3.8, 4) is 5.75 Å². The van der Waals surface area contributed by atoms with Crippen LogP contribution < -0.4 is 10.1 Å². The van der Waals surface area contributed by atoms with Crippen LogP contribution in [0.2, 0.25) is 0 Å². The van der Waals surface area contributed by atoms with Gasteiger partial charge >= 0.3 is 5.97 Å². The second-order valence-corrected chi connectivity index (χ2v) is 6.87. The molecule has 0 aromatic heterocycles. The lowest BCUT2D eigenvalue weighted by molar-refractivity contribution is -0.124. The maximum atomic E-state index is 11.7. The third-order valence-electron chi connectivity index (χ3n) is 2.11. The fraction of sp³-hybridized carbons (Fsp3) is 0.385. The normalized spacial score (nSPS) is 11.1. The van der Waals surface area contributed by atoms with Crippen LogP contribution >= 0.6 is 31.9 Å². The number of amides is 1. The first kappa shape index (κ1) is 17.0. The predicted molar refractivity (Wildman–Crippen MR) is 82.2 cm³/mol. The van der Waals surface area contributed by atoms with Crippen LogP contribution in [0.1, 0.15) is 31.1 Å². The zero-order valence-electron chi connectivity index (χ0n) is 11.3. The van der Waals surface area contributed by atoms with E-state index in [2.05, 4.69) is 37.2 Å². The molecule has 0 atom stereocenters. The van der Waals surface area contributed by atoms with Gasteiger partial charge < -0.3 is 15.2 Å². The first-order chi connectivity index (χ1) is 9.10. The summed E-state index contributed by atoms with van der Waals surface area (Å²) in [6, 6.07) is 2.84. The van der Waals surface area contributed by atoms with Crippen LogP contribution in [0, 0.1) is 0 Å². The third kappa shape index (κ3) is 5.13. The Kier molecular flexibility index (Phi) is 5.59. The Morgan fingerprint density at radius 2 is 1.75 bits per heavy atom. The molecule has 0 spiro atoms. The Morgan fingerprint density at radius 1 is 1.25 bits per heavy atom. The third-order valence-corrected chi connectivity index (χ3v) is 3.29. The van der Waals surface area contributed by atoms with E-state index >= 15 is 0 Å². The van der Waals surface area contributed by atoms with E-state index < -0.39 is 5.97 Å². The summed E-state index contributed by atoms with van der Waals surface area (Å²) in [4.78, 5) is 22.6. The molecule has 20 heavy (non-hydrogen) atoms. The molecule has 0 aliphatic heterocycles. The number of hydrogen-bond acceptors (Lipinski definition) is 3. The molecule has 0 heterocycles. The summed E-state index contributed by atoms with van der Waals surface area (Å²) < 4.78 is 6.34. The van der Waals surface area contributed by atoms with Crippen molar-refractivity contribution >= 4 is 43.7 Å². The number of aromatic carboxylic acids is 1. The van der Waals surface area contributed by atoms with Crippen LogP contribution in [0.4, 0.5) is 0 Å². The summed E-state index contributed by atoms with van der Waals surface area (Å²) in [5.74, 6) is -0.902. The van der Waals surface area contributed by atoms with Crippen molar-refractivity contribution in [3.63, 3.8) is 0 Å². The van der Waals surface area contributed by atoms with Crippen molar-refractivity contribution in [1.29, 1.82) is 0 Å². The Hall–Kier alpha value is -1.08.